The molecule has 3 rings (SSSR count). The predicted molar refractivity (Wildman–Crippen MR) is 120 cm³/mol. The van der Waals surface area contributed by atoms with Crippen LogP contribution in [0.2, 0.25) is 10.0 Å². The smallest absolute Gasteiger partial charge is 0.0946 e. The van der Waals surface area contributed by atoms with E-state index in [0.29, 0.717) is 10.0 Å². The zero-order valence-electron chi connectivity index (χ0n) is 15.9. The van der Waals surface area contributed by atoms with Gasteiger partial charge in [-0.3, -0.25) is 4.21 Å². The minimum atomic E-state index is -1.05. The summed E-state index contributed by atoms with van der Waals surface area (Å²) in [6, 6.07) is 13.7. The quantitative estimate of drug-likeness (QED) is 0.393. The van der Waals surface area contributed by atoms with Crippen molar-refractivity contribution in [1.29, 1.82) is 0 Å². The molecule has 0 aliphatic rings. The van der Waals surface area contributed by atoms with Crippen molar-refractivity contribution < 1.29 is 4.21 Å². The maximum Gasteiger partial charge on any atom is 0.0946 e. The van der Waals surface area contributed by atoms with Crippen molar-refractivity contribution in [2.24, 2.45) is 0 Å². The maximum absolute atomic E-state index is 12.6. The third kappa shape index (κ3) is 5.41. The van der Waals surface area contributed by atoms with Crippen LogP contribution < -0.4 is 0 Å². The van der Waals surface area contributed by atoms with Gasteiger partial charge in [0.2, 0.25) is 0 Å². The van der Waals surface area contributed by atoms with Crippen LogP contribution in [0.25, 0.3) is 0 Å². The molecule has 0 radical (unpaired) electrons. The summed E-state index contributed by atoms with van der Waals surface area (Å²) >= 11 is 14.0. The van der Waals surface area contributed by atoms with Crippen molar-refractivity contribution >= 4 is 45.8 Å². The van der Waals surface area contributed by atoms with Crippen LogP contribution in [0.4, 0.5) is 0 Å². The molecule has 3 nitrogen and oxygen atoms in total. The van der Waals surface area contributed by atoms with Crippen LogP contribution in [0.15, 0.2) is 71.0 Å². The first-order valence-electron chi connectivity index (χ1n) is 8.83. The Morgan fingerprint density at radius 2 is 1.82 bits per heavy atom. The van der Waals surface area contributed by atoms with E-state index in [1.165, 1.54) is 0 Å². The van der Waals surface area contributed by atoms with Gasteiger partial charge < -0.3 is 4.57 Å². The Balaban J connectivity index is 1.87. The Morgan fingerprint density at radius 1 is 1.11 bits per heavy atom. The zero-order valence-corrected chi connectivity index (χ0v) is 19.1. The van der Waals surface area contributed by atoms with E-state index < -0.39 is 10.8 Å². The number of benzene rings is 2. The first kappa shape index (κ1) is 21.4. The summed E-state index contributed by atoms with van der Waals surface area (Å²) in [6.45, 7) is 6.71. The average molecular weight is 453 g/mol. The molecule has 0 aliphatic carbocycles. The highest BCUT2D eigenvalue weighted by Gasteiger charge is 2.22. The summed E-state index contributed by atoms with van der Waals surface area (Å²) in [4.78, 5) is 6.03. The molecule has 0 spiro atoms. The molecule has 3 aromatic rings. The lowest BCUT2D eigenvalue weighted by molar-refractivity contribution is 0.648. The lowest BCUT2D eigenvalue weighted by Crippen LogP contribution is -2.21. The second kappa shape index (κ2) is 9.04. The predicted octanol–water partition coefficient (Wildman–Crippen LogP) is 6.63. The third-order valence-corrected chi connectivity index (χ3v) is 7.91. The molecule has 2 unspecified atom stereocenters. The number of halogens is 2. The van der Waals surface area contributed by atoms with Gasteiger partial charge in [-0.1, -0.05) is 35.3 Å². The number of hydrogen-bond donors (Lipinski definition) is 0. The van der Waals surface area contributed by atoms with Crippen molar-refractivity contribution in [2.45, 2.75) is 47.1 Å². The minimum absolute atomic E-state index is 0.142. The Hall–Kier alpha value is -1.27. The Bertz CT molecular complexity index is 952. The fourth-order valence-corrected chi connectivity index (χ4v) is 5.33. The normalized spacial score (nSPS) is 14.0. The summed E-state index contributed by atoms with van der Waals surface area (Å²) in [5, 5.41) is 1.23. The number of rotatable bonds is 6. The maximum atomic E-state index is 12.6. The van der Waals surface area contributed by atoms with E-state index in [1.54, 1.807) is 18.0 Å². The molecule has 28 heavy (non-hydrogen) atoms. The molecule has 0 bridgehead atoms. The number of aromatic nitrogens is 2. The van der Waals surface area contributed by atoms with Gasteiger partial charge in [-0.2, -0.15) is 0 Å². The third-order valence-electron chi connectivity index (χ3n) is 4.13. The Morgan fingerprint density at radius 3 is 2.39 bits per heavy atom. The molecule has 2 atom stereocenters. The second-order valence-electron chi connectivity index (χ2n) is 7.39. The molecule has 0 saturated heterocycles. The van der Waals surface area contributed by atoms with Crippen LogP contribution in [-0.4, -0.2) is 18.5 Å². The average Bonchev–Trinajstić information content (AvgIpc) is 3.16. The van der Waals surface area contributed by atoms with Gasteiger partial charge in [-0.15, -0.1) is 11.8 Å². The summed E-state index contributed by atoms with van der Waals surface area (Å²) in [7, 11) is -1.05. The van der Waals surface area contributed by atoms with Gasteiger partial charge in [0.05, 0.1) is 32.4 Å². The highest BCUT2D eigenvalue weighted by molar-refractivity contribution is 7.99. The molecule has 1 aromatic heterocycles. The molecule has 0 amide bonds. The molecule has 0 N–H and O–H groups in total. The van der Waals surface area contributed by atoms with Crippen LogP contribution in [0.5, 0.6) is 0 Å². The molecule has 148 valence electrons. The van der Waals surface area contributed by atoms with Crippen LogP contribution in [0.1, 0.15) is 31.6 Å². The number of thioether (sulfide) groups is 1. The standard InChI is InChI=1S/C21H22Cl2N2OS2/c1-21(2,3)28(26)17-7-4-15(5-8-17)20(13-25-11-10-24-14-25)27-16-6-9-18(22)19(23)12-16/h4-12,14,20H,13H2,1-3H3. The van der Waals surface area contributed by atoms with Gasteiger partial charge in [-0.25, -0.2) is 4.98 Å². The van der Waals surface area contributed by atoms with E-state index in [4.69, 9.17) is 23.2 Å². The van der Waals surface area contributed by atoms with E-state index in [9.17, 15) is 4.21 Å². The van der Waals surface area contributed by atoms with Crippen molar-refractivity contribution in [3.8, 4) is 0 Å². The van der Waals surface area contributed by atoms with Gasteiger partial charge >= 0.3 is 0 Å². The highest BCUT2D eigenvalue weighted by atomic mass is 35.5. The number of imidazole rings is 1. The summed E-state index contributed by atoms with van der Waals surface area (Å²) in [5.41, 5.74) is 1.15. The highest BCUT2D eigenvalue weighted by Crippen LogP contribution is 2.39. The van der Waals surface area contributed by atoms with Crippen molar-refractivity contribution in [3.05, 3.63) is 76.8 Å². The molecule has 0 fully saturated rings. The van der Waals surface area contributed by atoms with Gasteiger partial charge in [0.25, 0.3) is 0 Å². The molecular formula is C21H22Cl2N2OS2. The van der Waals surface area contributed by atoms with Crippen LogP contribution in [0, 0.1) is 0 Å². The first-order valence-corrected chi connectivity index (χ1v) is 11.6. The topological polar surface area (TPSA) is 34.9 Å². The number of hydrogen-bond acceptors (Lipinski definition) is 3. The lowest BCUT2D eigenvalue weighted by Gasteiger charge is -2.20. The van der Waals surface area contributed by atoms with Gasteiger partial charge in [0.1, 0.15) is 0 Å². The summed E-state index contributed by atoms with van der Waals surface area (Å²) < 4.78 is 14.4. The fraction of sp³-hybridized carbons (Fsp3) is 0.286. The SMILES string of the molecule is CC(C)(C)S(=O)c1ccc(C(Cn2ccnc2)Sc2ccc(Cl)c(Cl)c2)cc1. The molecule has 2 aromatic carbocycles. The van der Waals surface area contributed by atoms with Gasteiger partial charge in [0, 0.05) is 33.5 Å². The van der Waals surface area contributed by atoms with Crippen molar-refractivity contribution in [2.75, 3.05) is 0 Å². The molecule has 0 saturated carbocycles. The largest absolute Gasteiger partial charge is 0.336 e. The minimum Gasteiger partial charge on any atom is -0.336 e. The van der Waals surface area contributed by atoms with E-state index in [1.807, 2.05) is 63.6 Å². The van der Waals surface area contributed by atoms with Crippen LogP contribution >= 0.6 is 35.0 Å². The van der Waals surface area contributed by atoms with Gasteiger partial charge in [-0.05, 0) is 56.7 Å². The fourth-order valence-electron chi connectivity index (χ4n) is 2.67. The van der Waals surface area contributed by atoms with E-state index >= 15 is 0 Å². The first-order chi connectivity index (χ1) is 13.2. The monoisotopic (exact) mass is 452 g/mol. The van der Waals surface area contributed by atoms with Crippen LogP contribution in [0.3, 0.4) is 0 Å². The Labute approximate surface area is 182 Å². The second-order valence-corrected chi connectivity index (χ2v) is 11.7. The van der Waals surface area contributed by atoms with Crippen LogP contribution in [-0.2, 0) is 17.3 Å². The lowest BCUT2D eigenvalue weighted by atomic mass is 10.1. The van der Waals surface area contributed by atoms with E-state index in [2.05, 4.69) is 21.7 Å². The summed E-state index contributed by atoms with van der Waals surface area (Å²) in [6.07, 6.45) is 5.54. The molecule has 7 heteroatoms. The number of nitrogens with zero attached hydrogens (tertiary/aromatic N) is 2. The van der Waals surface area contributed by atoms with Crippen molar-refractivity contribution in [1.82, 2.24) is 9.55 Å². The zero-order chi connectivity index (χ0) is 20.3. The summed E-state index contributed by atoms with van der Waals surface area (Å²) in [5.74, 6) is 0. The Kier molecular flexibility index (Phi) is 6.92. The van der Waals surface area contributed by atoms with Gasteiger partial charge in [0.15, 0.2) is 0 Å². The molecular weight excluding hydrogens is 431 g/mol. The van der Waals surface area contributed by atoms with Crippen molar-refractivity contribution in [3.63, 3.8) is 0 Å². The van der Waals surface area contributed by atoms with E-state index in [-0.39, 0.29) is 10.00 Å². The molecule has 1 heterocycles. The molecule has 0 aliphatic heterocycles. The van der Waals surface area contributed by atoms with E-state index in [0.717, 1.165) is 21.9 Å².